The number of hydrogen-bond acceptors (Lipinski definition) is 4. The smallest absolute Gasteiger partial charge is 0.195 e. The predicted octanol–water partition coefficient (Wildman–Crippen LogP) is 1.07. The number of aromatic nitrogens is 1. The third-order valence-electron chi connectivity index (χ3n) is 1.43. The van der Waals surface area contributed by atoms with Gasteiger partial charge in [0.25, 0.3) is 0 Å². The minimum absolute atomic E-state index is 0.280. The van der Waals surface area contributed by atoms with E-state index in [2.05, 4.69) is 4.98 Å². The monoisotopic (exact) mass is 169 g/mol. The summed E-state index contributed by atoms with van der Waals surface area (Å²) in [5.41, 5.74) is 0. The maximum Gasteiger partial charge on any atom is 0.195 e. The molecule has 0 radical (unpaired) electrons. The molecule has 0 saturated heterocycles. The number of carbonyl (C=O) groups excluding carboxylic acids is 1. The van der Waals surface area contributed by atoms with Gasteiger partial charge in [0.15, 0.2) is 17.9 Å². The number of carbonyl (C=O) groups is 1. The number of ether oxygens (including phenoxy) is 1. The summed E-state index contributed by atoms with van der Waals surface area (Å²) in [5.74, 6) is 0.872. The van der Waals surface area contributed by atoms with Gasteiger partial charge in [-0.15, -0.1) is 0 Å². The highest BCUT2D eigenvalue weighted by Crippen LogP contribution is 2.03. The quantitative estimate of drug-likeness (QED) is 0.488. The number of rotatable bonds is 5. The Balaban J connectivity index is 2.36. The molecule has 1 heterocycles. The van der Waals surface area contributed by atoms with Crippen LogP contribution in [0.2, 0.25) is 0 Å². The summed E-state index contributed by atoms with van der Waals surface area (Å²) < 4.78 is 9.90. The van der Waals surface area contributed by atoms with Gasteiger partial charge in [-0.25, -0.2) is 4.98 Å². The number of aryl methyl sites for hydroxylation is 1. The van der Waals surface area contributed by atoms with Gasteiger partial charge in [0.2, 0.25) is 0 Å². The largest absolute Gasteiger partial charge is 0.438 e. The zero-order chi connectivity index (χ0) is 8.81. The zero-order valence-electron chi connectivity index (χ0n) is 6.95. The van der Waals surface area contributed by atoms with E-state index in [-0.39, 0.29) is 5.76 Å². The Bertz CT molecular complexity index is 244. The molecule has 0 aliphatic heterocycles. The molecule has 0 unspecified atom stereocenters. The maximum atomic E-state index is 10.2. The molecule has 1 aromatic rings. The van der Waals surface area contributed by atoms with Crippen LogP contribution in [0.3, 0.4) is 0 Å². The van der Waals surface area contributed by atoms with Gasteiger partial charge in [-0.3, -0.25) is 4.79 Å². The summed E-state index contributed by atoms with van der Waals surface area (Å²) in [4.78, 5) is 14.1. The fourth-order valence-corrected chi connectivity index (χ4v) is 0.862. The van der Waals surface area contributed by atoms with Crippen LogP contribution in [-0.4, -0.2) is 25.0 Å². The molecule has 0 bridgehead atoms. The van der Waals surface area contributed by atoms with Gasteiger partial charge in [0.05, 0.1) is 6.20 Å². The standard InChI is InChI=1S/C8H11NO3/c1-11-4-2-3-8-9-5-7(6-10)12-8/h5-6H,2-4H2,1H3. The van der Waals surface area contributed by atoms with E-state index in [1.807, 2.05) is 0 Å². The first-order valence-electron chi connectivity index (χ1n) is 3.75. The van der Waals surface area contributed by atoms with Crippen molar-refractivity contribution in [2.24, 2.45) is 0 Å². The molecule has 4 heteroatoms. The third-order valence-corrected chi connectivity index (χ3v) is 1.43. The van der Waals surface area contributed by atoms with Crippen molar-refractivity contribution in [1.29, 1.82) is 0 Å². The molecule has 0 atom stereocenters. The minimum atomic E-state index is 0.280. The van der Waals surface area contributed by atoms with Crippen molar-refractivity contribution >= 4 is 6.29 Å². The average Bonchev–Trinajstić information content (AvgIpc) is 2.53. The summed E-state index contributed by atoms with van der Waals surface area (Å²) >= 11 is 0. The highest BCUT2D eigenvalue weighted by Gasteiger charge is 2.01. The van der Waals surface area contributed by atoms with Gasteiger partial charge in [-0.1, -0.05) is 0 Å². The van der Waals surface area contributed by atoms with E-state index in [1.165, 1.54) is 6.20 Å². The van der Waals surface area contributed by atoms with Gasteiger partial charge in [0, 0.05) is 20.1 Å². The second-order valence-electron chi connectivity index (χ2n) is 2.37. The molecule has 0 aromatic carbocycles. The van der Waals surface area contributed by atoms with Gasteiger partial charge in [-0.05, 0) is 6.42 Å². The van der Waals surface area contributed by atoms with Crippen LogP contribution in [0.5, 0.6) is 0 Å². The van der Waals surface area contributed by atoms with Gasteiger partial charge < -0.3 is 9.15 Å². The lowest BCUT2D eigenvalue weighted by Gasteiger charge is -1.93. The fourth-order valence-electron chi connectivity index (χ4n) is 0.862. The zero-order valence-corrected chi connectivity index (χ0v) is 6.95. The Hall–Kier alpha value is -1.16. The Morgan fingerprint density at radius 3 is 3.17 bits per heavy atom. The van der Waals surface area contributed by atoms with Crippen LogP contribution in [0.1, 0.15) is 22.9 Å². The van der Waals surface area contributed by atoms with Crippen molar-refractivity contribution < 1.29 is 13.9 Å². The first kappa shape index (κ1) is 8.93. The van der Waals surface area contributed by atoms with Crippen molar-refractivity contribution in [1.82, 2.24) is 4.98 Å². The molecule has 66 valence electrons. The van der Waals surface area contributed by atoms with Crippen molar-refractivity contribution in [2.75, 3.05) is 13.7 Å². The molecule has 0 saturated carbocycles. The van der Waals surface area contributed by atoms with Crippen LogP contribution in [0.25, 0.3) is 0 Å². The summed E-state index contributed by atoms with van der Waals surface area (Å²) in [7, 11) is 1.65. The molecular formula is C8H11NO3. The number of nitrogens with zero attached hydrogens (tertiary/aromatic N) is 1. The summed E-state index contributed by atoms with van der Waals surface area (Å²) in [6.07, 6.45) is 3.64. The maximum absolute atomic E-state index is 10.2. The van der Waals surface area contributed by atoms with Crippen molar-refractivity contribution in [2.45, 2.75) is 12.8 Å². The molecule has 1 rings (SSSR count). The molecule has 0 spiro atoms. The molecular weight excluding hydrogens is 158 g/mol. The van der Waals surface area contributed by atoms with E-state index in [4.69, 9.17) is 9.15 Å². The normalized spacial score (nSPS) is 10.1. The molecule has 4 nitrogen and oxygen atoms in total. The SMILES string of the molecule is COCCCc1ncc(C=O)o1. The third kappa shape index (κ3) is 2.47. The molecule has 12 heavy (non-hydrogen) atoms. The number of methoxy groups -OCH3 is 1. The summed E-state index contributed by atoms with van der Waals surface area (Å²) in [6, 6.07) is 0. The Kier molecular flexibility index (Phi) is 3.47. The van der Waals surface area contributed by atoms with Crippen LogP contribution in [0.15, 0.2) is 10.6 Å². The predicted molar refractivity (Wildman–Crippen MR) is 42.1 cm³/mol. The van der Waals surface area contributed by atoms with E-state index < -0.39 is 0 Å². The number of hydrogen-bond donors (Lipinski definition) is 0. The first-order chi connectivity index (χ1) is 5.86. The highest BCUT2D eigenvalue weighted by molar-refractivity contribution is 5.69. The second-order valence-corrected chi connectivity index (χ2v) is 2.37. The lowest BCUT2D eigenvalue weighted by atomic mass is 10.3. The van der Waals surface area contributed by atoms with Crippen molar-refractivity contribution in [3.05, 3.63) is 17.8 Å². The molecule has 0 N–H and O–H groups in total. The molecule has 0 fully saturated rings. The number of aldehydes is 1. The minimum Gasteiger partial charge on any atom is -0.438 e. The first-order valence-corrected chi connectivity index (χ1v) is 3.75. The van der Waals surface area contributed by atoms with Crippen LogP contribution >= 0.6 is 0 Å². The molecule has 0 aliphatic carbocycles. The fraction of sp³-hybridized carbons (Fsp3) is 0.500. The lowest BCUT2D eigenvalue weighted by Crippen LogP contribution is -1.92. The van der Waals surface area contributed by atoms with Crippen molar-refractivity contribution in [3.63, 3.8) is 0 Å². The molecule has 1 aromatic heterocycles. The van der Waals surface area contributed by atoms with E-state index in [9.17, 15) is 4.79 Å². The Labute approximate surface area is 70.5 Å². The van der Waals surface area contributed by atoms with Crippen LogP contribution in [0.4, 0.5) is 0 Å². The van der Waals surface area contributed by atoms with Gasteiger partial charge >= 0.3 is 0 Å². The molecule has 0 amide bonds. The Morgan fingerprint density at radius 1 is 1.75 bits per heavy atom. The van der Waals surface area contributed by atoms with Gasteiger partial charge in [0.1, 0.15) is 0 Å². The lowest BCUT2D eigenvalue weighted by molar-refractivity contribution is 0.109. The van der Waals surface area contributed by atoms with E-state index in [1.54, 1.807) is 7.11 Å². The summed E-state index contributed by atoms with van der Waals surface area (Å²) in [6.45, 7) is 0.679. The second kappa shape index (κ2) is 4.66. The van der Waals surface area contributed by atoms with Crippen LogP contribution < -0.4 is 0 Å². The van der Waals surface area contributed by atoms with E-state index in [0.717, 1.165) is 6.42 Å². The van der Waals surface area contributed by atoms with E-state index in [0.29, 0.717) is 25.2 Å². The topological polar surface area (TPSA) is 52.3 Å². The number of oxazole rings is 1. The van der Waals surface area contributed by atoms with Crippen molar-refractivity contribution in [3.8, 4) is 0 Å². The summed E-state index contributed by atoms with van der Waals surface area (Å²) in [5, 5.41) is 0. The highest BCUT2D eigenvalue weighted by atomic mass is 16.5. The Morgan fingerprint density at radius 2 is 2.58 bits per heavy atom. The van der Waals surface area contributed by atoms with Crippen LogP contribution in [0, 0.1) is 0 Å². The molecule has 0 aliphatic rings. The average molecular weight is 169 g/mol. The van der Waals surface area contributed by atoms with Gasteiger partial charge in [-0.2, -0.15) is 0 Å². The van der Waals surface area contributed by atoms with E-state index >= 15 is 0 Å². The van der Waals surface area contributed by atoms with Crippen LogP contribution in [-0.2, 0) is 11.2 Å².